The summed E-state index contributed by atoms with van der Waals surface area (Å²) in [6, 6.07) is 5.95. The zero-order chi connectivity index (χ0) is 17.8. The molecule has 2 saturated heterocycles. The number of carbonyl (C=O) groups is 2. The van der Waals surface area contributed by atoms with Crippen LogP contribution in [0, 0.1) is 11.7 Å². The van der Waals surface area contributed by atoms with Crippen LogP contribution in [0.15, 0.2) is 24.3 Å². The number of likely N-dealkylation sites (tertiary alicyclic amines) is 2. The monoisotopic (exact) mass is 348 g/mol. The van der Waals surface area contributed by atoms with Gasteiger partial charge in [-0.15, -0.1) is 0 Å². The Kier molecular flexibility index (Phi) is 5.68. The highest BCUT2D eigenvalue weighted by molar-refractivity contribution is 5.80. The van der Waals surface area contributed by atoms with Gasteiger partial charge in [-0.25, -0.2) is 4.39 Å². The Morgan fingerprint density at radius 3 is 2.48 bits per heavy atom. The van der Waals surface area contributed by atoms with E-state index < -0.39 is 6.10 Å². The van der Waals surface area contributed by atoms with Crippen LogP contribution in [0.25, 0.3) is 0 Å². The van der Waals surface area contributed by atoms with E-state index in [4.69, 9.17) is 0 Å². The molecule has 3 rings (SSSR count). The fraction of sp³-hybridized carbons (Fsp3) is 0.579. The average Bonchev–Trinajstić information content (AvgIpc) is 3.05. The maximum Gasteiger partial charge on any atom is 0.224 e. The van der Waals surface area contributed by atoms with Crippen molar-refractivity contribution >= 4 is 11.8 Å². The first kappa shape index (κ1) is 17.9. The van der Waals surface area contributed by atoms with E-state index in [9.17, 15) is 19.1 Å². The highest BCUT2D eigenvalue weighted by atomic mass is 19.1. The number of hydrogen-bond acceptors (Lipinski definition) is 3. The van der Waals surface area contributed by atoms with Crippen molar-refractivity contribution in [2.75, 3.05) is 26.2 Å². The molecule has 1 aromatic carbocycles. The highest BCUT2D eigenvalue weighted by Crippen LogP contribution is 2.31. The molecule has 1 N–H and O–H groups in total. The van der Waals surface area contributed by atoms with E-state index in [0.29, 0.717) is 32.5 Å². The number of aliphatic hydroxyl groups is 1. The summed E-state index contributed by atoms with van der Waals surface area (Å²) in [4.78, 5) is 27.5. The summed E-state index contributed by atoms with van der Waals surface area (Å²) in [7, 11) is 0. The second-order valence-electron chi connectivity index (χ2n) is 6.95. The van der Waals surface area contributed by atoms with Gasteiger partial charge in [-0.2, -0.15) is 0 Å². The van der Waals surface area contributed by atoms with Crippen molar-refractivity contribution in [2.45, 2.75) is 38.2 Å². The molecule has 0 aliphatic carbocycles. The SMILES string of the molecule is O=C1CCCN1CCC(=O)N1CCC(C(O)c2ccc(F)cc2)CC1. The fourth-order valence-corrected chi connectivity index (χ4v) is 3.73. The summed E-state index contributed by atoms with van der Waals surface area (Å²) in [5.74, 6) is -0.00845. The van der Waals surface area contributed by atoms with Gasteiger partial charge in [0.1, 0.15) is 5.82 Å². The number of amides is 2. The van der Waals surface area contributed by atoms with Crippen LogP contribution in [0.5, 0.6) is 0 Å². The van der Waals surface area contributed by atoms with Crippen LogP contribution < -0.4 is 0 Å². The number of benzene rings is 1. The van der Waals surface area contributed by atoms with Crippen molar-refractivity contribution in [3.63, 3.8) is 0 Å². The Labute approximate surface area is 147 Å². The predicted octanol–water partition coefficient (Wildman–Crippen LogP) is 2.11. The molecule has 2 aliphatic heterocycles. The highest BCUT2D eigenvalue weighted by Gasteiger charge is 2.29. The molecular formula is C19H25FN2O3. The van der Waals surface area contributed by atoms with Crippen molar-refractivity contribution in [2.24, 2.45) is 5.92 Å². The minimum absolute atomic E-state index is 0.0782. The molecule has 136 valence electrons. The van der Waals surface area contributed by atoms with E-state index in [1.54, 1.807) is 17.0 Å². The van der Waals surface area contributed by atoms with Gasteiger partial charge in [-0.3, -0.25) is 9.59 Å². The number of rotatable bonds is 5. The van der Waals surface area contributed by atoms with Gasteiger partial charge in [0, 0.05) is 39.0 Å². The lowest BCUT2D eigenvalue weighted by molar-refractivity contribution is -0.134. The van der Waals surface area contributed by atoms with Crippen LogP contribution in [0.4, 0.5) is 4.39 Å². The van der Waals surface area contributed by atoms with Crippen LogP contribution in [-0.4, -0.2) is 52.9 Å². The van der Waals surface area contributed by atoms with Crippen molar-refractivity contribution in [1.82, 2.24) is 9.80 Å². The molecule has 0 radical (unpaired) electrons. The van der Waals surface area contributed by atoms with Crippen LogP contribution >= 0.6 is 0 Å². The summed E-state index contributed by atoms with van der Waals surface area (Å²) in [5, 5.41) is 10.5. The van der Waals surface area contributed by atoms with E-state index in [1.165, 1.54) is 12.1 Å². The maximum atomic E-state index is 13.0. The van der Waals surface area contributed by atoms with Gasteiger partial charge in [-0.1, -0.05) is 12.1 Å². The van der Waals surface area contributed by atoms with Gasteiger partial charge in [-0.05, 0) is 42.9 Å². The van der Waals surface area contributed by atoms with E-state index >= 15 is 0 Å². The Morgan fingerprint density at radius 2 is 1.88 bits per heavy atom. The quantitative estimate of drug-likeness (QED) is 0.887. The first-order valence-corrected chi connectivity index (χ1v) is 9.03. The smallest absolute Gasteiger partial charge is 0.224 e. The third-order valence-electron chi connectivity index (χ3n) is 5.32. The molecule has 2 aliphatic rings. The molecular weight excluding hydrogens is 323 g/mol. The number of hydrogen-bond donors (Lipinski definition) is 1. The molecule has 0 aromatic heterocycles. The summed E-state index contributed by atoms with van der Waals surface area (Å²) >= 11 is 0. The molecule has 6 heteroatoms. The second kappa shape index (κ2) is 7.95. The Hall–Kier alpha value is -1.95. The maximum absolute atomic E-state index is 13.0. The minimum Gasteiger partial charge on any atom is -0.388 e. The number of piperidine rings is 1. The average molecular weight is 348 g/mol. The number of carbonyl (C=O) groups excluding carboxylic acids is 2. The molecule has 0 bridgehead atoms. The molecule has 25 heavy (non-hydrogen) atoms. The Morgan fingerprint density at radius 1 is 1.20 bits per heavy atom. The van der Waals surface area contributed by atoms with Crippen LogP contribution in [0.2, 0.25) is 0 Å². The first-order valence-electron chi connectivity index (χ1n) is 9.03. The normalized spacial score (nSPS) is 20.2. The van der Waals surface area contributed by atoms with E-state index in [2.05, 4.69) is 0 Å². The van der Waals surface area contributed by atoms with Crippen molar-refractivity contribution in [1.29, 1.82) is 0 Å². The predicted molar refractivity (Wildman–Crippen MR) is 91.1 cm³/mol. The summed E-state index contributed by atoms with van der Waals surface area (Å²) in [6.07, 6.45) is 2.69. The molecule has 0 spiro atoms. The molecule has 5 nitrogen and oxygen atoms in total. The van der Waals surface area contributed by atoms with E-state index in [1.807, 2.05) is 4.90 Å². The summed E-state index contributed by atoms with van der Waals surface area (Å²) < 4.78 is 13.0. The molecule has 1 unspecified atom stereocenters. The Bertz CT molecular complexity index is 612. The topological polar surface area (TPSA) is 60.9 Å². The van der Waals surface area contributed by atoms with Crippen molar-refractivity contribution in [3.05, 3.63) is 35.6 Å². The zero-order valence-corrected chi connectivity index (χ0v) is 14.4. The minimum atomic E-state index is -0.625. The summed E-state index contributed by atoms with van der Waals surface area (Å²) in [5.41, 5.74) is 0.721. The van der Waals surface area contributed by atoms with Gasteiger partial charge in [0.25, 0.3) is 0 Å². The number of aliphatic hydroxyl groups excluding tert-OH is 1. The lowest BCUT2D eigenvalue weighted by Crippen LogP contribution is -2.41. The summed E-state index contributed by atoms with van der Waals surface area (Å²) in [6.45, 7) is 2.51. The lowest BCUT2D eigenvalue weighted by atomic mass is 9.87. The van der Waals surface area contributed by atoms with Crippen LogP contribution in [0.3, 0.4) is 0 Å². The number of halogens is 1. The molecule has 2 fully saturated rings. The Balaban J connectivity index is 1.45. The van der Waals surface area contributed by atoms with Gasteiger partial charge < -0.3 is 14.9 Å². The van der Waals surface area contributed by atoms with Crippen molar-refractivity contribution in [3.8, 4) is 0 Å². The van der Waals surface area contributed by atoms with Gasteiger partial charge in [0.2, 0.25) is 11.8 Å². The third-order valence-corrected chi connectivity index (χ3v) is 5.32. The van der Waals surface area contributed by atoms with Crippen LogP contribution in [-0.2, 0) is 9.59 Å². The molecule has 1 aromatic rings. The largest absolute Gasteiger partial charge is 0.388 e. The third kappa shape index (κ3) is 4.37. The fourth-order valence-electron chi connectivity index (χ4n) is 3.73. The van der Waals surface area contributed by atoms with E-state index in [-0.39, 0.29) is 23.5 Å². The van der Waals surface area contributed by atoms with Gasteiger partial charge in [0.15, 0.2) is 0 Å². The lowest BCUT2D eigenvalue weighted by Gasteiger charge is -2.34. The van der Waals surface area contributed by atoms with Gasteiger partial charge >= 0.3 is 0 Å². The molecule has 2 amide bonds. The zero-order valence-electron chi connectivity index (χ0n) is 14.4. The van der Waals surface area contributed by atoms with Crippen molar-refractivity contribution < 1.29 is 19.1 Å². The molecule has 1 atom stereocenters. The molecule has 0 saturated carbocycles. The van der Waals surface area contributed by atoms with E-state index in [0.717, 1.165) is 31.4 Å². The van der Waals surface area contributed by atoms with Crippen LogP contribution in [0.1, 0.15) is 43.8 Å². The standard InChI is InChI=1S/C19H25FN2O3/c20-16-5-3-14(4-6-16)19(25)15-7-11-22(12-8-15)18(24)9-13-21-10-1-2-17(21)23/h3-6,15,19,25H,1-2,7-13H2. The second-order valence-corrected chi connectivity index (χ2v) is 6.95. The van der Waals surface area contributed by atoms with Gasteiger partial charge in [0.05, 0.1) is 6.10 Å². The molecule has 2 heterocycles. The first-order chi connectivity index (χ1) is 12.0. The number of nitrogens with zero attached hydrogens (tertiary/aromatic N) is 2.